The summed E-state index contributed by atoms with van der Waals surface area (Å²) in [5.74, 6) is -2.14. The number of anilines is 1. The number of hydrogen-bond donors (Lipinski definition) is 3. The molecule has 8 heteroatoms. The molecule has 2 aromatic rings. The van der Waals surface area contributed by atoms with Crippen LogP contribution >= 0.6 is 11.3 Å². The Kier molecular flexibility index (Phi) is 7.03. The van der Waals surface area contributed by atoms with Crippen molar-refractivity contribution in [2.24, 2.45) is 0 Å². The molecular formula is C17H20F2N3O2S+. The van der Waals surface area contributed by atoms with Gasteiger partial charge in [0.25, 0.3) is 11.8 Å². The van der Waals surface area contributed by atoms with Crippen LogP contribution in [0.2, 0.25) is 0 Å². The molecule has 0 saturated heterocycles. The number of amides is 2. The van der Waals surface area contributed by atoms with Crippen molar-refractivity contribution >= 4 is 28.8 Å². The summed E-state index contributed by atoms with van der Waals surface area (Å²) < 4.78 is 26.4. The second-order valence-corrected chi connectivity index (χ2v) is 6.52. The van der Waals surface area contributed by atoms with Gasteiger partial charge in [-0.3, -0.25) is 9.59 Å². The molecule has 2 amide bonds. The van der Waals surface area contributed by atoms with E-state index in [1.54, 1.807) is 11.3 Å². The fourth-order valence-electron chi connectivity index (χ4n) is 2.21. The fraction of sp³-hybridized carbons (Fsp3) is 0.294. The van der Waals surface area contributed by atoms with Crippen molar-refractivity contribution in [2.75, 3.05) is 25.0 Å². The molecule has 1 heterocycles. The highest BCUT2D eigenvalue weighted by molar-refractivity contribution is 7.09. The van der Waals surface area contributed by atoms with E-state index in [0.717, 1.165) is 15.8 Å². The van der Waals surface area contributed by atoms with Gasteiger partial charge < -0.3 is 15.5 Å². The molecule has 1 unspecified atom stereocenters. The quantitative estimate of drug-likeness (QED) is 0.655. The van der Waals surface area contributed by atoms with Gasteiger partial charge in [0, 0.05) is 10.9 Å². The molecule has 2 rings (SSSR count). The summed E-state index contributed by atoms with van der Waals surface area (Å²) in [7, 11) is 0. The maximum absolute atomic E-state index is 13.6. The van der Waals surface area contributed by atoms with Crippen LogP contribution in [0.4, 0.5) is 14.5 Å². The first-order valence-corrected chi connectivity index (χ1v) is 8.73. The number of benzene rings is 1. The zero-order valence-corrected chi connectivity index (χ0v) is 14.6. The molecule has 1 aromatic heterocycles. The van der Waals surface area contributed by atoms with Crippen LogP contribution < -0.4 is 15.5 Å². The van der Waals surface area contributed by atoms with E-state index < -0.39 is 17.5 Å². The molecule has 0 aliphatic carbocycles. The summed E-state index contributed by atoms with van der Waals surface area (Å²) in [6.45, 7) is 3.03. The molecule has 0 radical (unpaired) electrons. The SMILES string of the molecule is CC[NH+](CC(=O)NCc1cccs1)CC(=O)Nc1ccc(F)cc1F. The van der Waals surface area contributed by atoms with E-state index in [9.17, 15) is 18.4 Å². The van der Waals surface area contributed by atoms with Gasteiger partial charge in [-0.1, -0.05) is 6.07 Å². The smallest absolute Gasteiger partial charge is 0.279 e. The van der Waals surface area contributed by atoms with E-state index in [1.165, 1.54) is 6.07 Å². The number of rotatable bonds is 8. The zero-order valence-electron chi connectivity index (χ0n) is 13.8. The molecule has 0 fully saturated rings. The lowest BCUT2D eigenvalue weighted by Gasteiger charge is -2.17. The number of carbonyl (C=O) groups is 2. The Morgan fingerprint density at radius 1 is 1.16 bits per heavy atom. The highest BCUT2D eigenvalue weighted by Crippen LogP contribution is 2.14. The van der Waals surface area contributed by atoms with Gasteiger partial charge in [0.2, 0.25) is 0 Å². The molecule has 5 nitrogen and oxygen atoms in total. The third-order valence-electron chi connectivity index (χ3n) is 3.57. The Labute approximate surface area is 148 Å². The summed E-state index contributed by atoms with van der Waals surface area (Å²) in [5.41, 5.74) is -0.0796. The Balaban J connectivity index is 1.81. The minimum absolute atomic E-state index is 0.0136. The second-order valence-electron chi connectivity index (χ2n) is 5.49. The van der Waals surface area contributed by atoms with Gasteiger partial charge in [-0.05, 0) is 30.5 Å². The number of carbonyl (C=O) groups excluding carboxylic acids is 2. The van der Waals surface area contributed by atoms with E-state index in [0.29, 0.717) is 19.2 Å². The summed E-state index contributed by atoms with van der Waals surface area (Å²) in [4.78, 5) is 25.8. The van der Waals surface area contributed by atoms with Crippen molar-refractivity contribution in [3.63, 3.8) is 0 Å². The average Bonchev–Trinajstić information content (AvgIpc) is 3.08. The summed E-state index contributed by atoms with van der Waals surface area (Å²) >= 11 is 1.56. The summed E-state index contributed by atoms with van der Waals surface area (Å²) in [6, 6.07) is 6.79. The minimum Gasteiger partial charge on any atom is -0.346 e. The molecule has 134 valence electrons. The van der Waals surface area contributed by atoms with E-state index in [-0.39, 0.29) is 24.7 Å². The number of quaternary nitrogens is 1. The Hall–Kier alpha value is -2.32. The zero-order chi connectivity index (χ0) is 18.2. The first-order valence-electron chi connectivity index (χ1n) is 7.85. The molecule has 0 spiro atoms. The van der Waals surface area contributed by atoms with E-state index in [1.807, 2.05) is 24.4 Å². The number of hydrogen-bond acceptors (Lipinski definition) is 3. The van der Waals surface area contributed by atoms with Crippen LogP contribution in [-0.4, -0.2) is 31.4 Å². The lowest BCUT2D eigenvalue weighted by molar-refractivity contribution is -0.881. The largest absolute Gasteiger partial charge is 0.346 e. The van der Waals surface area contributed by atoms with Gasteiger partial charge in [-0.15, -0.1) is 11.3 Å². The van der Waals surface area contributed by atoms with Crippen LogP contribution in [-0.2, 0) is 16.1 Å². The molecule has 3 N–H and O–H groups in total. The highest BCUT2D eigenvalue weighted by Gasteiger charge is 2.17. The molecule has 1 aromatic carbocycles. The van der Waals surface area contributed by atoms with Gasteiger partial charge in [-0.25, -0.2) is 8.78 Å². The number of nitrogens with one attached hydrogen (secondary N) is 3. The Bertz CT molecular complexity index is 723. The van der Waals surface area contributed by atoms with Crippen LogP contribution in [0.25, 0.3) is 0 Å². The molecule has 0 bridgehead atoms. The minimum atomic E-state index is -0.833. The molecule has 25 heavy (non-hydrogen) atoms. The van der Waals surface area contributed by atoms with Crippen molar-refractivity contribution in [1.82, 2.24) is 5.32 Å². The van der Waals surface area contributed by atoms with E-state index in [4.69, 9.17) is 0 Å². The lowest BCUT2D eigenvalue weighted by atomic mass is 10.3. The monoisotopic (exact) mass is 368 g/mol. The third kappa shape index (κ3) is 6.24. The maximum atomic E-state index is 13.6. The maximum Gasteiger partial charge on any atom is 0.279 e. The van der Waals surface area contributed by atoms with Gasteiger partial charge in [0.05, 0.1) is 18.8 Å². The standard InChI is InChI=1S/C17H19F2N3O2S/c1-2-22(10-16(23)20-9-13-4-3-7-25-13)11-17(24)21-15-6-5-12(18)8-14(15)19/h3-8H,2,9-11H2,1H3,(H,20,23)(H,21,24)/p+1. The molecular weight excluding hydrogens is 348 g/mol. The summed E-state index contributed by atoms with van der Waals surface area (Å²) in [5, 5.41) is 7.14. The van der Waals surface area contributed by atoms with Crippen LogP contribution in [0.1, 0.15) is 11.8 Å². The van der Waals surface area contributed by atoms with Gasteiger partial charge >= 0.3 is 0 Å². The molecule has 0 aliphatic heterocycles. The third-order valence-corrected chi connectivity index (χ3v) is 4.44. The molecule has 0 aliphatic rings. The van der Waals surface area contributed by atoms with Gasteiger partial charge in [0.1, 0.15) is 11.6 Å². The predicted octanol–water partition coefficient (Wildman–Crippen LogP) is 1.19. The molecule has 0 saturated carbocycles. The van der Waals surface area contributed by atoms with Crippen molar-refractivity contribution in [3.05, 3.63) is 52.2 Å². The first kappa shape index (κ1) is 19.0. The van der Waals surface area contributed by atoms with Crippen molar-refractivity contribution in [3.8, 4) is 0 Å². The highest BCUT2D eigenvalue weighted by atomic mass is 32.1. The van der Waals surface area contributed by atoms with E-state index >= 15 is 0 Å². The average molecular weight is 368 g/mol. The van der Waals surface area contributed by atoms with Crippen molar-refractivity contribution in [1.29, 1.82) is 0 Å². The van der Waals surface area contributed by atoms with Crippen LogP contribution in [0.3, 0.4) is 0 Å². The fourth-order valence-corrected chi connectivity index (χ4v) is 2.86. The topological polar surface area (TPSA) is 62.6 Å². The summed E-state index contributed by atoms with van der Waals surface area (Å²) in [6.07, 6.45) is 0. The lowest BCUT2D eigenvalue weighted by Crippen LogP contribution is -3.14. The van der Waals surface area contributed by atoms with Crippen LogP contribution in [0, 0.1) is 11.6 Å². The van der Waals surface area contributed by atoms with Gasteiger partial charge in [-0.2, -0.15) is 0 Å². The number of thiophene rings is 1. The number of halogens is 2. The Morgan fingerprint density at radius 2 is 1.92 bits per heavy atom. The second kappa shape index (κ2) is 9.24. The normalized spacial score (nSPS) is 11.8. The predicted molar refractivity (Wildman–Crippen MR) is 92.4 cm³/mol. The van der Waals surface area contributed by atoms with Crippen LogP contribution in [0.5, 0.6) is 0 Å². The van der Waals surface area contributed by atoms with Crippen molar-refractivity contribution < 1.29 is 23.3 Å². The van der Waals surface area contributed by atoms with Crippen molar-refractivity contribution in [2.45, 2.75) is 13.5 Å². The first-order chi connectivity index (χ1) is 12.0. The van der Waals surface area contributed by atoms with Crippen LogP contribution in [0.15, 0.2) is 35.7 Å². The molecule has 1 atom stereocenters. The van der Waals surface area contributed by atoms with E-state index in [2.05, 4.69) is 10.6 Å². The number of likely N-dealkylation sites (N-methyl/N-ethyl adjacent to an activating group) is 1. The van der Waals surface area contributed by atoms with Gasteiger partial charge in [0.15, 0.2) is 13.1 Å². The Morgan fingerprint density at radius 3 is 2.56 bits per heavy atom.